The smallest absolute Gasteiger partial charge is 0.333 e. The molecule has 1 N–H and O–H groups in total. The van der Waals surface area contributed by atoms with Crippen LogP contribution in [0.1, 0.15) is 38.8 Å². The average Bonchev–Trinajstić information content (AvgIpc) is 2.79. The molecule has 0 bridgehead atoms. The summed E-state index contributed by atoms with van der Waals surface area (Å²) in [6.07, 6.45) is 1.38. The molecule has 0 amide bonds. The van der Waals surface area contributed by atoms with Gasteiger partial charge in [-0.25, -0.2) is 4.79 Å². The van der Waals surface area contributed by atoms with Gasteiger partial charge in [-0.05, 0) is 69.2 Å². The summed E-state index contributed by atoms with van der Waals surface area (Å²) in [5.74, 6) is 7.47. The standard InChI is InChI=1S/C27H32O6/c1-5-30-24-16-22(17-25(19-24)31-6-2)9-8-20(4)14-15-33-23-12-10-21(11-13-23)18-26(27(28)29)32-7-3/h10-14,16-17,19,26H,5-7,15,18H2,1-4H3,(H,28,29)/b20-14+. The Morgan fingerprint density at radius 3 is 2.12 bits per heavy atom. The van der Waals surface area contributed by atoms with E-state index < -0.39 is 12.1 Å². The van der Waals surface area contributed by atoms with Gasteiger partial charge in [0.2, 0.25) is 0 Å². The zero-order valence-corrected chi connectivity index (χ0v) is 19.7. The van der Waals surface area contributed by atoms with E-state index in [1.807, 2.05) is 69.3 Å². The average molecular weight is 453 g/mol. The topological polar surface area (TPSA) is 74.2 Å². The van der Waals surface area contributed by atoms with Gasteiger partial charge in [0.05, 0.1) is 13.2 Å². The Hall–Kier alpha value is -3.43. The summed E-state index contributed by atoms with van der Waals surface area (Å²) in [5.41, 5.74) is 2.58. The lowest BCUT2D eigenvalue weighted by molar-refractivity contribution is -0.149. The monoisotopic (exact) mass is 452 g/mol. The lowest BCUT2D eigenvalue weighted by Crippen LogP contribution is -2.26. The minimum absolute atomic E-state index is 0.313. The molecule has 0 radical (unpaired) electrons. The molecule has 0 saturated carbocycles. The molecule has 176 valence electrons. The SMILES string of the molecule is CCOc1cc(C#C/C(C)=C/COc2ccc(CC(OCC)C(=O)O)cc2)cc(OCC)c1. The second kappa shape index (κ2) is 13.9. The van der Waals surface area contributed by atoms with Crippen LogP contribution in [0.4, 0.5) is 0 Å². The molecule has 6 nitrogen and oxygen atoms in total. The molecule has 0 heterocycles. The van der Waals surface area contributed by atoms with Crippen molar-refractivity contribution >= 4 is 5.97 Å². The maximum Gasteiger partial charge on any atom is 0.333 e. The number of carboxylic acids is 1. The van der Waals surface area contributed by atoms with Gasteiger partial charge in [-0.15, -0.1) is 0 Å². The first-order valence-electron chi connectivity index (χ1n) is 11.1. The van der Waals surface area contributed by atoms with Crippen LogP contribution in [0.25, 0.3) is 0 Å². The number of hydrogen-bond donors (Lipinski definition) is 1. The minimum atomic E-state index is -0.961. The molecule has 6 heteroatoms. The van der Waals surface area contributed by atoms with Crippen LogP contribution in [0.15, 0.2) is 54.1 Å². The summed E-state index contributed by atoms with van der Waals surface area (Å²) in [7, 11) is 0. The Kier molecular flexibility index (Phi) is 10.9. The van der Waals surface area contributed by atoms with E-state index in [9.17, 15) is 9.90 Å². The molecule has 0 fully saturated rings. The van der Waals surface area contributed by atoms with Gasteiger partial charge in [-0.2, -0.15) is 0 Å². The second-order valence-corrected chi connectivity index (χ2v) is 7.14. The number of aliphatic carboxylic acids is 1. The van der Waals surface area contributed by atoms with Crippen LogP contribution in [0.3, 0.4) is 0 Å². The van der Waals surface area contributed by atoms with Gasteiger partial charge in [-0.1, -0.05) is 24.0 Å². The Balaban J connectivity index is 1.95. The van der Waals surface area contributed by atoms with Crippen LogP contribution < -0.4 is 14.2 Å². The van der Waals surface area contributed by atoms with E-state index >= 15 is 0 Å². The van der Waals surface area contributed by atoms with Crippen molar-refractivity contribution in [1.82, 2.24) is 0 Å². The number of benzene rings is 2. The number of allylic oxidation sites excluding steroid dienone is 1. The molecule has 0 aliphatic rings. The Bertz CT molecular complexity index is 958. The van der Waals surface area contributed by atoms with Gasteiger partial charge in [-0.3, -0.25) is 0 Å². The fourth-order valence-corrected chi connectivity index (χ4v) is 2.98. The van der Waals surface area contributed by atoms with E-state index in [0.717, 1.165) is 28.2 Å². The van der Waals surface area contributed by atoms with Crippen LogP contribution >= 0.6 is 0 Å². The molecule has 0 spiro atoms. The Labute approximate surface area is 196 Å². The molecule has 0 aromatic heterocycles. The molecule has 2 aromatic rings. The van der Waals surface area contributed by atoms with Gasteiger partial charge in [0.25, 0.3) is 0 Å². The van der Waals surface area contributed by atoms with Gasteiger partial charge < -0.3 is 24.1 Å². The van der Waals surface area contributed by atoms with Crippen LogP contribution in [0.2, 0.25) is 0 Å². The molecule has 33 heavy (non-hydrogen) atoms. The van der Waals surface area contributed by atoms with E-state index in [-0.39, 0.29) is 0 Å². The van der Waals surface area contributed by atoms with Gasteiger partial charge in [0.1, 0.15) is 23.9 Å². The van der Waals surface area contributed by atoms with E-state index in [0.29, 0.717) is 38.6 Å². The fourth-order valence-electron chi connectivity index (χ4n) is 2.98. The summed E-state index contributed by atoms with van der Waals surface area (Å²) in [5, 5.41) is 9.20. The maximum absolute atomic E-state index is 11.2. The predicted octanol–water partition coefficient (Wildman–Crippen LogP) is 4.89. The molecular weight excluding hydrogens is 420 g/mol. The van der Waals surface area contributed by atoms with Crippen molar-refractivity contribution < 1.29 is 28.8 Å². The van der Waals surface area contributed by atoms with Crippen LogP contribution in [0, 0.1) is 11.8 Å². The third-order valence-corrected chi connectivity index (χ3v) is 4.53. The molecular formula is C27H32O6. The van der Waals surface area contributed by atoms with Crippen molar-refractivity contribution in [2.75, 3.05) is 26.4 Å². The van der Waals surface area contributed by atoms with Crippen molar-refractivity contribution in [2.24, 2.45) is 0 Å². The number of rotatable bonds is 12. The lowest BCUT2D eigenvalue weighted by Gasteiger charge is -2.12. The molecule has 1 atom stereocenters. The van der Waals surface area contributed by atoms with Gasteiger partial charge in [0, 0.05) is 24.7 Å². The highest BCUT2D eigenvalue weighted by molar-refractivity contribution is 5.72. The second-order valence-electron chi connectivity index (χ2n) is 7.14. The number of carbonyl (C=O) groups is 1. The molecule has 1 unspecified atom stereocenters. The normalized spacial score (nSPS) is 11.8. The predicted molar refractivity (Wildman–Crippen MR) is 128 cm³/mol. The summed E-state index contributed by atoms with van der Waals surface area (Å²) in [6.45, 7) is 9.47. The van der Waals surface area contributed by atoms with Crippen LogP contribution in [-0.2, 0) is 16.0 Å². The quantitative estimate of drug-likeness (QED) is 0.462. The van der Waals surface area contributed by atoms with Crippen molar-refractivity contribution in [3.8, 4) is 29.1 Å². The van der Waals surface area contributed by atoms with Crippen molar-refractivity contribution in [2.45, 2.75) is 40.2 Å². The summed E-state index contributed by atoms with van der Waals surface area (Å²) in [6, 6.07) is 13.0. The van der Waals surface area contributed by atoms with Crippen molar-refractivity contribution in [3.05, 3.63) is 65.2 Å². The van der Waals surface area contributed by atoms with E-state index in [4.69, 9.17) is 18.9 Å². The van der Waals surface area contributed by atoms with Gasteiger partial charge >= 0.3 is 5.97 Å². The lowest BCUT2D eigenvalue weighted by atomic mass is 10.1. The zero-order valence-electron chi connectivity index (χ0n) is 19.7. The number of carboxylic acid groups (broad SMARTS) is 1. The largest absolute Gasteiger partial charge is 0.494 e. The first kappa shape index (κ1) is 25.8. The Morgan fingerprint density at radius 1 is 0.939 bits per heavy atom. The Morgan fingerprint density at radius 2 is 1.58 bits per heavy atom. The third-order valence-electron chi connectivity index (χ3n) is 4.53. The molecule has 0 saturated heterocycles. The highest BCUT2D eigenvalue weighted by atomic mass is 16.5. The maximum atomic E-state index is 11.2. The molecule has 0 aliphatic carbocycles. The van der Waals surface area contributed by atoms with Gasteiger partial charge in [0.15, 0.2) is 6.10 Å². The molecule has 0 aliphatic heterocycles. The van der Waals surface area contributed by atoms with E-state index in [2.05, 4.69) is 11.8 Å². The third kappa shape index (κ3) is 9.30. The van der Waals surface area contributed by atoms with Crippen molar-refractivity contribution in [3.63, 3.8) is 0 Å². The van der Waals surface area contributed by atoms with Crippen molar-refractivity contribution in [1.29, 1.82) is 0 Å². The highest BCUT2D eigenvalue weighted by Gasteiger charge is 2.17. The summed E-state index contributed by atoms with van der Waals surface area (Å²) >= 11 is 0. The zero-order chi connectivity index (χ0) is 24.1. The fraction of sp³-hybridized carbons (Fsp3) is 0.370. The van der Waals surface area contributed by atoms with E-state index in [1.165, 1.54) is 0 Å². The first-order chi connectivity index (χ1) is 15.9. The number of ether oxygens (including phenoxy) is 4. The summed E-state index contributed by atoms with van der Waals surface area (Å²) in [4.78, 5) is 11.2. The molecule has 2 aromatic carbocycles. The van der Waals surface area contributed by atoms with Crippen LogP contribution in [0.5, 0.6) is 17.2 Å². The molecule has 2 rings (SSSR count). The highest BCUT2D eigenvalue weighted by Crippen LogP contribution is 2.23. The number of hydrogen-bond acceptors (Lipinski definition) is 5. The minimum Gasteiger partial charge on any atom is -0.494 e. The van der Waals surface area contributed by atoms with E-state index in [1.54, 1.807) is 6.92 Å². The first-order valence-corrected chi connectivity index (χ1v) is 11.1. The van der Waals surface area contributed by atoms with Crippen LogP contribution in [-0.4, -0.2) is 43.6 Å². The summed E-state index contributed by atoms with van der Waals surface area (Å²) < 4.78 is 22.2.